The van der Waals surface area contributed by atoms with Crippen LogP contribution in [0.25, 0.3) is 26.8 Å². The Balaban J connectivity index is 1.63. The van der Waals surface area contributed by atoms with Crippen molar-refractivity contribution in [2.24, 2.45) is 0 Å². The van der Waals surface area contributed by atoms with Crippen LogP contribution in [0.3, 0.4) is 0 Å². The van der Waals surface area contributed by atoms with Gasteiger partial charge in [-0.3, -0.25) is 0 Å². The molecule has 8 heteroatoms. The molecule has 0 unspecified atom stereocenters. The van der Waals surface area contributed by atoms with Crippen molar-refractivity contribution in [3.05, 3.63) is 53.6 Å². The molecular weight excluding hydrogens is 354 g/mol. The van der Waals surface area contributed by atoms with Crippen molar-refractivity contribution < 1.29 is 5.11 Å². The van der Waals surface area contributed by atoms with Gasteiger partial charge in [0, 0.05) is 5.39 Å². The van der Waals surface area contributed by atoms with Gasteiger partial charge < -0.3 is 10.1 Å². The average molecular weight is 365 g/mol. The van der Waals surface area contributed by atoms with E-state index in [9.17, 15) is 10.4 Å². The van der Waals surface area contributed by atoms with Crippen molar-refractivity contribution >= 4 is 49.9 Å². The zero-order chi connectivity index (χ0) is 17.2. The molecule has 4 aromatic rings. The molecule has 0 radical (unpaired) electrons. The molecule has 3 aromatic heterocycles. The van der Waals surface area contributed by atoms with E-state index in [4.69, 9.17) is 0 Å². The number of aliphatic hydroxyl groups is 1. The summed E-state index contributed by atoms with van der Waals surface area (Å²) >= 11 is 2.90. The average Bonchev–Trinajstić information content (AvgIpc) is 3.27. The van der Waals surface area contributed by atoms with Crippen LogP contribution in [0.2, 0.25) is 0 Å². The molecule has 6 nitrogen and oxygen atoms in total. The predicted molar refractivity (Wildman–Crippen MR) is 99.4 cm³/mol. The van der Waals surface area contributed by atoms with E-state index in [1.165, 1.54) is 29.4 Å². The van der Waals surface area contributed by atoms with Crippen LogP contribution in [0.4, 0.5) is 0 Å². The fraction of sp³-hybridized carbons (Fsp3) is 0.0588. The highest BCUT2D eigenvalue weighted by atomic mass is 32.2. The molecule has 0 aliphatic heterocycles. The first kappa shape index (κ1) is 15.6. The number of allylic oxidation sites excluding steroid dienone is 1. The van der Waals surface area contributed by atoms with Crippen molar-refractivity contribution in [1.29, 1.82) is 5.26 Å². The Kier molecular flexibility index (Phi) is 4.09. The van der Waals surface area contributed by atoms with Gasteiger partial charge in [-0.25, -0.2) is 15.0 Å². The van der Waals surface area contributed by atoms with Gasteiger partial charge in [0.25, 0.3) is 0 Å². The number of H-pyrrole nitrogens is 1. The van der Waals surface area contributed by atoms with E-state index in [0.717, 1.165) is 26.3 Å². The Morgan fingerprint density at radius 3 is 3.00 bits per heavy atom. The summed E-state index contributed by atoms with van der Waals surface area (Å²) in [7, 11) is 0. The van der Waals surface area contributed by atoms with Gasteiger partial charge in [0.15, 0.2) is 5.82 Å². The topological polar surface area (TPSA) is 98.5 Å². The summed E-state index contributed by atoms with van der Waals surface area (Å²) in [6.45, 7) is 0. The lowest BCUT2D eigenvalue weighted by Crippen LogP contribution is -1.96. The van der Waals surface area contributed by atoms with Crippen LogP contribution in [-0.2, 0) is 0 Å². The Morgan fingerprint density at radius 2 is 2.16 bits per heavy atom. The largest absolute Gasteiger partial charge is 0.510 e. The molecular formula is C17H11N5OS2. The second kappa shape index (κ2) is 6.55. The van der Waals surface area contributed by atoms with Gasteiger partial charge in [0.2, 0.25) is 0 Å². The maximum Gasteiger partial charge on any atom is 0.152 e. The van der Waals surface area contributed by atoms with Gasteiger partial charge >= 0.3 is 0 Å². The predicted octanol–water partition coefficient (Wildman–Crippen LogP) is 4.15. The number of nitrogens with zero attached hydrogens (tertiary/aromatic N) is 4. The molecule has 0 bridgehead atoms. The number of nitrogens with one attached hydrogen (secondary N) is 1. The van der Waals surface area contributed by atoms with Gasteiger partial charge in [-0.1, -0.05) is 23.9 Å². The number of imidazole rings is 1. The van der Waals surface area contributed by atoms with Crippen molar-refractivity contribution in [2.75, 3.05) is 5.75 Å². The minimum Gasteiger partial charge on any atom is -0.510 e. The van der Waals surface area contributed by atoms with Gasteiger partial charge in [-0.15, -0.1) is 11.3 Å². The lowest BCUT2D eigenvalue weighted by atomic mass is 10.2. The molecule has 0 aliphatic rings. The third-order valence-electron chi connectivity index (χ3n) is 3.60. The first-order chi connectivity index (χ1) is 12.3. The maximum atomic E-state index is 10.4. The fourth-order valence-corrected chi connectivity index (χ4v) is 4.07. The number of para-hydroxylation sites is 2. The van der Waals surface area contributed by atoms with Crippen LogP contribution in [0.5, 0.6) is 0 Å². The van der Waals surface area contributed by atoms with E-state index < -0.39 is 0 Å². The van der Waals surface area contributed by atoms with E-state index in [0.29, 0.717) is 5.82 Å². The number of fused-ring (bicyclic) bond motifs is 2. The van der Waals surface area contributed by atoms with Crippen molar-refractivity contribution in [3.63, 3.8) is 0 Å². The van der Waals surface area contributed by atoms with Gasteiger partial charge in [0.1, 0.15) is 33.6 Å². The van der Waals surface area contributed by atoms with Gasteiger partial charge in [-0.05, 0) is 23.6 Å². The van der Waals surface area contributed by atoms with E-state index in [-0.39, 0.29) is 17.1 Å². The first-order valence-corrected chi connectivity index (χ1v) is 9.21. The highest BCUT2D eigenvalue weighted by Gasteiger charge is 2.14. The molecule has 4 rings (SSSR count). The molecule has 0 saturated heterocycles. The van der Waals surface area contributed by atoms with Crippen molar-refractivity contribution in [2.45, 2.75) is 5.03 Å². The summed E-state index contributed by atoms with van der Waals surface area (Å²) in [5, 5.41) is 23.5. The van der Waals surface area contributed by atoms with E-state index in [1.54, 1.807) is 0 Å². The third kappa shape index (κ3) is 2.95. The highest BCUT2D eigenvalue weighted by Crippen LogP contribution is 2.29. The summed E-state index contributed by atoms with van der Waals surface area (Å²) in [5.41, 5.74) is 1.71. The first-order valence-electron chi connectivity index (χ1n) is 7.34. The summed E-state index contributed by atoms with van der Waals surface area (Å²) < 4.78 is 0. The Morgan fingerprint density at radius 1 is 1.28 bits per heavy atom. The number of aromatic nitrogens is 4. The monoisotopic (exact) mass is 365 g/mol. The van der Waals surface area contributed by atoms with Crippen LogP contribution in [-0.4, -0.2) is 30.8 Å². The summed E-state index contributed by atoms with van der Waals surface area (Å²) in [6.07, 6.45) is 1.51. The lowest BCUT2D eigenvalue weighted by molar-refractivity contribution is 0.420. The number of benzene rings is 1. The summed E-state index contributed by atoms with van der Waals surface area (Å²) in [4.78, 5) is 16.8. The number of rotatable bonds is 4. The van der Waals surface area contributed by atoms with Crippen molar-refractivity contribution in [3.8, 4) is 6.07 Å². The standard InChI is InChI=1S/C17H11N5OS2/c18-7-11(15-21-12-3-1-2-4-13(12)22-15)14(23)8-25-17-10-5-6-24-16(10)19-9-20-17/h1-6,9,23H,8H2,(H,21,22). The number of aromatic amines is 1. The number of hydrogen-bond acceptors (Lipinski definition) is 7. The second-order valence-electron chi connectivity index (χ2n) is 5.14. The number of aliphatic hydroxyl groups excluding tert-OH is 1. The lowest BCUT2D eigenvalue weighted by Gasteiger charge is -2.03. The molecule has 0 saturated carbocycles. The normalized spacial score (nSPS) is 12.3. The smallest absolute Gasteiger partial charge is 0.152 e. The van der Waals surface area contributed by atoms with Crippen molar-refractivity contribution in [1.82, 2.24) is 19.9 Å². The van der Waals surface area contributed by atoms with Crippen LogP contribution < -0.4 is 0 Å². The molecule has 122 valence electrons. The maximum absolute atomic E-state index is 10.4. The number of nitriles is 1. The highest BCUT2D eigenvalue weighted by molar-refractivity contribution is 7.99. The summed E-state index contributed by atoms with van der Waals surface area (Å²) in [5.74, 6) is 0.556. The number of hydrogen-bond donors (Lipinski definition) is 2. The second-order valence-corrected chi connectivity index (χ2v) is 7.00. The van der Waals surface area contributed by atoms with E-state index in [1.807, 2.05) is 41.8 Å². The molecule has 0 spiro atoms. The number of thiophene rings is 1. The number of thioether (sulfide) groups is 1. The fourth-order valence-electron chi connectivity index (χ4n) is 2.42. The van der Waals surface area contributed by atoms with Crippen LogP contribution in [0.15, 0.2) is 52.8 Å². The molecule has 0 amide bonds. The van der Waals surface area contributed by atoms with Crippen LogP contribution in [0, 0.1) is 11.3 Å². The molecule has 2 N–H and O–H groups in total. The quantitative estimate of drug-likeness (QED) is 0.244. The summed E-state index contributed by atoms with van der Waals surface area (Å²) in [6, 6.07) is 11.5. The molecule has 0 aliphatic carbocycles. The zero-order valence-electron chi connectivity index (χ0n) is 12.8. The third-order valence-corrected chi connectivity index (χ3v) is 5.43. The zero-order valence-corrected chi connectivity index (χ0v) is 14.4. The Hall–Kier alpha value is -2.89. The van der Waals surface area contributed by atoms with Gasteiger partial charge in [0.05, 0.1) is 16.8 Å². The van der Waals surface area contributed by atoms with E-state index >= 15 is 0 Å². The van der Waals surface area contributed by atoms with E-state index in [2.05, 4.69) is 19.9 Å². The molecule has 25 heavy (non-hydrogen) atoms. The molecule has 3 heterocycles. The SMILES string of the molecule is N#CC(=C(O)CSc1ncnc2sccc12)c1nc2ccccc2[nH]1. The van der Waals surface area contributed by atoms with Crippen LogP contribution >= 0.6 is 23.1 Å². The molecule has 1 aromatic carbocycles. The minimum absolute atomic E-state index is 0.0338. The molecule has 0 atom stereocenters. The van der Waals surface area contributed by atoms with Crippen LogP contribution in [0.1, 0.15) is 5.82 Å². The van der Waals surface area contributed by atoms with Gasteiger partial charge in [-0.2, -0.15) is 5.26 Å². The Labute approximate surface area is 150 Å². The molecule has 0 fully saturated rings. The Bertz CT molecular complexity index is 1110. The minimum atomic E-state index is -0.0338.